The van der Waals surface area contributed by atoms with Crippen LogP contribution >= 0.6 is 0 Å². The zero-order chi connectivity index (χ0) is 27.9. The van der Waals surface area contributed by atoms with Gasteiger partial charge in [-0.2, -0.15) is 39.5 Å². The minimum atomic E-state index is -5.78. The number of halogens is 9. The maximum Gasteiger partial charge on any atom is 0.434 e. The van der Waals surface area contributed by atoms with Crippen LogP contribution in [0.4, 0.5) is 50.0 Å². The molecule has 0 bridgehead atoms. The molecule has 3 aliphatic rings. The molecule has 14 heteroatoms. The molecule has 3 saturated heterocycles. The van der Waals surface area contributed by atoms with Crippen molar-refractivity contribution in [3.05, 3.63) is 29.3 Å². The zero-order valence-corrected chi connectivity index (χ0v) is 20.4. The van der Waals surface area contributed by atoms with Gasteiger partial charge in [0, 0.05) is 45.0 Å². The van der Waals surface area contributed by atoms with Gasteiger partial charge in [-0.25, -0.2) is 4.79 Å². The zero-order valence-electron chi connectivity index (χ0n) is 20.4. The Morgan fingerprint density at radius 1 is 0.842 bits per heavy atom. The summed E-state index contributed by atoms with van der Waals surface area (Å²) in [6.07, 6.45) is -18.8. The Kier molecular flexibility index (Phi) is 7.76. The van der Waals surface area contributed by atoms with Gasteiger partial charge in [-0.05, 0) is 67.8 Å². The molecule has 38 heavy (non-hydrogen) atoms. The minimum absolute atomic E-state index is 0.0717. The normalized spacial score (nSPS) is 21.1. The van der Waals surface area contributed by atoms with Crippen molar-refractivity contribution < 1.29 is 49.0 Å². The molecule has 214 valence electrons. The highest BCUT2D eigenvalue weighted by atomic mass is 19.4. The van der Waals surface area contributed by atoms with E-state index in [9.17, 15) is 44.3 Å². The molecule has 0 atom stereocenters. The van der Waals surface area contributed by atoms with Gasteiger partial charge in [0.05, 0.1) is 5.56 Å². The number of carbonyl (C=O) groups is 1. The summed E-state index contributed by atoms with van der Waals surface area (Å²) in [5.41, 5.74) is 0.00627. The van der Waals surface area contributed by atoms with Gasteiger partial charge in [-0.1, -0.05) is 0 Å². The Labute approximate surface area is 213 Å². The Bertz CT molecular complexity index is 981. The van der Waals surface area contributed by atoms with Crippen LogP contribution in [0.15, 0.2) is 18.2 Å². The first kappa shape index (κ1) is 28.6. The van der Waals surface area contributed by atoms with Gasteiger partial charge in [-0.15, -0.1) is 0 Å². The van der Waals surface area contributed by atoms with Gasteiger partial charge in [0.15, 0.2) is 0 Å². The highest BCUT2D eigenvalue weighted by molar-refractivity contribution is 5.68. The summed E-state index contributed by atoms with van der Waals surface area (Å²) < 4.78 is 121. The Morgan fingerprint density at radius 2 is 1.42 bits per heavy atom. The lowest BCUT2D eigenvalue weighted by Gasteiger charge is -2.39. The van der Waals surface area contributed by atoms with Crippen LogP contribution in [0.3, 0.4) is 0 Å². The van der Waals surface area contributed by atoms with Gasteiger partial charge in [0.25, 0.3) is 6.10 Å². The second-order valence-corrected chi connectivity index (χ2v) is 10.4. The molecule has 3 aliphatic heterocycles. The maximum atomic E-state index is 13.5. The molecule has 0 unspecified atom stereocenters. The van der Waals surface area contributed by atoms with E-state index in [1.165, 1.54) is 0 Å². The van der Waals surface area contributed by atoms with Crippen molar-refractivity contribution in [2.24, 2.45) is 5.41 Å². The summed E-state index contributed by atoms with van der Waals surface area (Å²) in [5, 5.41) is 0. The van der Waals surface area contributed by atoms with Crippen LogP contribution in [0.2, 0.25) is 0 Å². The fourth-order valence-electron chi connectivity index (χ4n) is 5.57. The van der Waals surface area contributed by atoms with Gasteiger partial charge >= 0.3 is 24.6 Å². The minimum Gasteiger partial charge on any atom is -0.426 e. The summed E-state index contributed by atoms with van der Waals surface area (Å²) in [7, 11) is 0. The van der Waals surface area contributed by atoms with Gasteiger partial charge < -0.3 is 14.5 Å². The number of likely N-dealkylation sites (tertiary alicyclic amines) is 2. The molecule has 4 rings (SSSR count). The number of benzene rings is 1. The molecule has 0 N–H and O–H groups in total. The molecule has 1 spiro atoms. The standard InChI is InChI=1S/C24H28F9N3O2/c25-22(26,27)17-11-16(12-18(13-17)35-6-1-2-7-35)14-34-8-3-21(15-34)4-9-36(10-5-21)20(37)38-19(23(28,29)30)24(31,32)33/h11-13,19H,1-10,14-15H2. The number of alkyl halides is 9. The number of amides is 1. The Balaban J connectivity index is 1.37. The van der Waals surface area contributed by atoms with E-state index in [4.69, 9.17) is 0 Å². The second kappa shape index (κ2) is 10.3. The number of ether oxygens (including phenoxy) is 1. The van der Waals surface area contributed by atoms with E-state index in [2.05, 4.69) is 4.74 Å². The van der Waals surface area contributed by atoms with Crippen molar-refractivity contribution in [2.75, 3.05) is 44.2 Å². The lowest BCUT2D eigenvalue weighted by atomic mass is 9.78. The van der Waals surface area contributed by atoms with Crippen LogP contribution in [-0.4, -0.2) is 73.6 Å². The molecular formula is C24H28F9N3O2. The Hall–Kier alpha value is -2.38. The second-order valence-electron chi connectivity index (χ2n) is 10.4. The molecule has 0 aliphatic carbocycles. The number of anilines is 1. The number of piperidine rings is 1. The molecule has 1 aromatic rings. The smallest absolute Gasteiger partial charge is 0.426 e. The fourth-order valence-corrected chi connectivity index (χ4v) is 5.57. The van der Waals surface area contributed by atoms with Gasteiger partial charge in [0.2, 0.25) is 0 Å². The SMILES string of the molecule is O=C(OC(C(F)(F)F)C(F)(F)F)N1CCC2(CCN(Cc3cc(N4CCCC4)cc(C(F)(F)F)c3)C2)CC1. The quantitative estimate of drug-likeness (QED) is 0.409. The molecule has 3 heterocycles. The summed E-state index contributed by atoms with van der Waals surface area (Å²) >= 11 is 0. The molecule has 0 saturated carbocycles. The molecular weight excluding hydrogens is 533 g/mol. The van der Waals surface area contributed by atoms with E-state index >= 15 is 0 Å². The van der Waals surface area contributed by atoms with E-state index in [0.717, 1.165) is 29.9 Å². The predicted octanol–water partition coefficient (Wildman–Crippen LogP) is 6.22. The summed E-state index contributed by atoms with van der Waals surface area (Å²) in [4.78, 5) is 16.8. The third-order valence-corrected chi connectivity index (χ3v) is 7.60. The van der Waals surface area contributed by atoms with Crippen molar-refractivity contribution in [1.29, 1.82) is 0 Å². The summed E-state index contributed by atoms with van der Waals surface area (Å²) in [6, 6.07) is 4.07. The van der Waals surface area contributed by atoms with Crippen molar-refractivity contribution in [3.8, 4) is 0 Å². The van der Waals surface area contributed by atoms with E-state index in [1.54, 1.807) is 6.07 Å². The van der Waals surface area contributed by atoms with E-state index in [0.29, 0.717) is 56.7 Å². The first-order valence-electron chi connectivity index (χ1n) is 12.3. The lowest BCUT2D eigenvalue weighted by molar-refractivity contribution is -0.308. The fraction of sp³-hybridized carbons (Fsp3) is 0.708. The third kappa shape index (κ3) is 6.60. The van der Waals surface area contributed by atoms with Crippen LogP contribution < -0.4 is 4.90 Å². The van der Waals surface area contributed by atoms with Crippen molar-refractivity contribution in [1.82, 2.24) is 9.80 Å². The number of hydrogen-bond donors (Lipinski definition) is 0. The number of carbonyl (C=O) groups excluding carboxylic acids is 1. The number of rotatable bonds is 4. The molecule has 0 radical (unpaired) electrons. The number of nitrogens with zero attached hydrogens (tertiary/aromatic N) is 3. The van der Waals surface area contributed by atoms with Crippen molar-refractivity contribution >= 4 is 11.8 Å². The average Bonchev–Trinajstić information content (AvgIpc) is 3.46. The predicted molar refractivity (Wildman–Crippen MR) is 118 cm³/mol. The molecule has 0 aromatic heterocycles. The average molecular weight is 561 g/mol. The lowest BCUT2D eigenvalue weighted by Crippen LogP contribution is -2.50. The van der Waals surface area contributed by atoms with E-state index in [1.807, 2.05) is 9.80 Å². The van der Waals surface area contributed by atoms with Crippen LogP contribution in [-0.2, 0) is 17.5 Å². The Morgan fingerprint density at radius 3 is 1.97 bits per heavy atom. The third-order valence-electron chi connectivity index (χ3n) is 7.60. The van der Waals surface area contributed by atoms with E-state index in [-0.39, 0.29) is 25.0 Å². The van der Waals surface area contributed by atoms with Crippen molar-refractivity contribution in [2.45, 2.75) is 63.3 Å². The largest absolute Gasteiger partial charge is 0.434 e. The van der Waals surface area contributed by atoms with E-state index < -0.39 is 36.3 Å². The molecule has 3 fully saturated rings. The highest BCUT2D eigenvalue weighted by Crippen LogP contribution is 2.42. The monoisotopic (exact) mass is 561 g/mol. The van der Waals surface area contributed by atoms with Gasteiger partial charge in [0.1, 0.15) is 0 Å². The first-order chi connectivity index (χ1) is 17.6. The van der Waals surface area contributed by atoms with Crippen LogP contribution in [0, 0.1) is 5.41 Å². The highest BCUT2D eigenvalue weighted by Gasteiger charge is 2.60. The maximum absolute atomic E-state index is 13.5. The first-order valence-corrected chi connectivity index (χ1v) is 12.3. The van der Waals surface area contributed by atoms with Crippen LogP contribution in [0.5, 0.6) is 0 Å². The van der Waals surface area contributed by atoms with Crippen LogP contribution in [0.25, 0.3) is 0 Å². The topological polar surface area (TPSA) is 36.0 Å². The molecule has 5 nitrogen and oxygen atoms in total. The van der Waals surface area contributed by atoms with Crippen LogP contribution in [0.1, 0.15) is 43.2 Å². The summed E-state index contributed by atoms with van der Waals surface area (Å²) in [5.74, 6) is 0. The van der Waals surface area contributed by atoms with Gasteiger partial charge in [-0.3, -0.25) is 4.90 Å². The molecule has 1 amide bonds. The number of hydrogen-bond acceptors (Lipinski definition) is 4. The summed E-state index contributed by atoms with van der Waals surface area (Å²) in [6.45, 7) is 2.59. The molecule has 1 aromatic carbocycles. The van der Waals surface area contributed by atoms with Crippen molar-refractivity contribution in [3.63, 3.8) is 0 Å².